The molecule has 0 aliphatic heterocycles. The second-order valence-electron chi connectivity index (χ2n) is 2.72. The van der Waals surface area contributed by atoms with Crippen molar-refractivity contribution in [2.75, 3.05) is 20.3 Å². The lowest BCUT2D eigenvalue weighted by molar-refractivity contribution is 0.145. The van der Waals surface area contributed by atoms with Crippen LogP contribution in [-0.4, -0.2) is 20.3 Å². The van der Waals surface area contributed by atoms with Gasteiger partial charge >= 0.3 is 0 Å². The van der Waals surface area contributed by atoms with Crippen LogP contribution in [0.3, 0.4) is 0 Å². The van der Waals surface area contributed by atoms with Crippen LogP contribution >= 0.6 is 15.9 Å². The first kappa shape index (κ1) is 12.0. The number of hydrogen-bond donors (Lipinski definition) is 0. The Hall–Kier alpha value is -1.12. The van der Waals surface area contributed by atoms with E-state index in [2.05, 4.69) is 15.9 Å². The standard InChI is InChI=1S/C10H9BrFNO2/c1-14-2-3-15-10-5-9(12)7(6-13)4-8(10)11/h4-5H,2-3H2,1H3. The zero-order chi connectivity index (χ0) is 11.3. The molecule has 0 saturated heterocycles. The number of nitriles is 1. The molecule has 0 bridgehead atoms. The SMILES string of the molecule is COCCOc1cc(F)c(C#N)cc1Br. The third kappa shape index (κ3) is 3.18. The summed E-state index contributed by atoms with van der Waals surface area (Å²) in [6, 6.07) is 4.31. The van der Waals surface area contributed by atoms with E-state index < -0.39 is 5.82 Å². The van der Waals surface area contributed by atoms with E-state index in [9.17, 15) is 4.39 Å². The van der Waals surface area contributed by atoms with Gasteiger partial charge in [-0.1, -0.05) is 0 Å². The van der Waals surface area contributed by atoms with E-state index in [0.29, 0.717) is 23.4 Å². The topological polar surface area (TPSA) is 42.2 Å². The van der Waals surface area contributed by atoms with Gasteiger partial charge in [0, 0.05) is 13.2 Å². The molecule has 1 rings (SSSR count). The van der Waals surface area contributed by atoms with Crippen LogP contribution in [-0.2, 0) is 4.74 Å². The molecular formula is C10H9BrFNO2. The van der Waals surface area contributed by atoms with Crippen LogP contribution in [0, 0.1) is 17.1 Å². The summed E-state index contributed by atoms with van der Waals surface area (Å²) in [5.74, 6) is -0.225. The highest BCUT2D eigenvalue weighted by molar-refractivity contribution is 9.10. The van der Waals surface area contributed by atoms with Crippen LogP contribution in [0.15, 0.2) is 16.6 Å². The molecule has 0 heterocycles. The van der Waals surface area contributed by atoms with E-state index >= 15 is 0 Å². The molecule has 1 aromatic rings. The molecule has 0 spiro atoms. The monoisotopic (exact) mass is 273 g/mol. The van der Waals surface area contributed by atoms with E-state index in [-0.39, 0.29) is 5.56 Å². The zero-order valence-electron chi connectivity index (χ0n) is 8.09. The number of rotatable bonds is 4. The van der Waals surface area contributed by atoms with Crippen LogP contribution in [0.4, 0.5) is 4.39 Å². The summed E-state index contributed by atoms with van der Waals surface area (Å²) in [7, 11) is 1.55. The number of methoxy groups -OCH3 is 1. The van der Waals surface area contributed by atoms with Crippen molar-refractivity contribution >= 4 is 15.9 Å². The number of hydrogen-bond acceptors (Lipinski definition) is 3. The summed E-state index contributed by atoms with van der Waals surface area (Å²) in [4.78, 5) is 0. The van der Waals surface area contributed by atoms with Crippen LogP contribution in [0.25, 0.3) is 0 Å². The molecule has 0 radical (unpaired) electrons. The van der Waals surface area contributed by atoms with E-state index in [1.165, 1.54) is 12.1 Å². The molecular weight excluding hydrogens is 265 g/mol. The highest BCUT2D eigenvalue weighted by Gasteiger charge is 2.08. The summed E-state index contributed by atoms with van der Waals surface area (Å²) >= 11 is 3.19. The summed E-state index contributed by atoms with van der Waals surface area (Å²) in [6.07, 6.45) is 0. The minimum Gasteiger partial charge on any atom is -0.490 e. The van der Waals surface area contributed by atoms with Gasteiger partial charge in [0.2, 0.25) is 0 Å². The summed E-state index contributed by atoms with van der Waals surface area (Å²) in [6.45, 7) is 0.758. The van der Waals surface area contributed by atoms with Gasteiger partial charge in [0.05, 0.1) is 16.6 Å². The summed E-state index contributed by atoms with van der Waals surface area (Å²) in [5, 5.41) is 8.58. The highest BCUT2D eigenvalue weighted by Crippen LogP contribution is 2.27. The molecule has 0 amide bonds. The Morgan fingerprint density at radius 1 is 1.47 bits per heavy atom. The second-order valence-corrected chi connectivity index (χ2v) is 3.57. The predicted molar refractivity (Wildman–Crippen MR) is 56.2 cm³/mol. The van der Waals surface area contributed by atoms with Gasteiger partial charge in [-0.25, -0.2) is 4.39 Å². The Morgan fingerprint density at radius 2 is 2.20 bits per heavy atom. The normalized spacial score (nSPS) is 9.73. The quantitative estimate of drug-likeness (QED) is 0.792. The van der Waals surface area contributed by atoms with Gasteiger partial charge in [0.15, 0.2) is 0 Å². The minimum absolute atomic E-state index is 0.0130. The smallest absolute Gasteiger partial charge is 0.144 e. The van der Waals surface area contributed by atoms with Gasteiger partial charge in [-0.05, 0) is 22.0 Å². The van der Waals surface area contributed by atoms with Gasteiger partial charge in [0.25, 0.3) is 0 Å². The van der Waals surface area contributed by atoms with Crippen molar-refractivity contribution in [3.63, 3.8) is 0 Å². The van der Waals surface area contributed by atoms with Crippen molar-refractivity contribution in [3.8, 4) is 11.8 Å². The second kappa shape index (κ2) is 5.69. The molecule has 0 aromatic heterocycles. The van der Waals surface area contributed by atoms with Crippen molar-refractivity contribution < 1.29 is 13.9 Å². The maximum atomic E-state index is 13.2. The minimum atomic E-state index is -0.590. The van der Waals surface area contributed by atoms with Gasteiger partial charge < -0.3 is 9.47 Å². The van der Waals surface area contributed by atoms with Crippen LogP contribution < -0.4 is 4.74 Å². The van der Waals surface area contributed by atoms with Crippen LogP contribution in [0.1, 0.15) is 5.56 Å². The maximum Gasteiger partial charge on any atom is 0.144 e. The average molecular weight is 274 g/mol. The number of benzene rings is 1. The number of halogens is 2. The lowest BCUT2D eigenvalue weighted by atomic mass is 10.2. The first-order valence-electron chi connectivity index (χ1n) is 4.20. The zero-order valence-corrected chi connectivity index (χ0v) is 9.67. The number of nitrogens with zero attached hydrogens (tertiary/aromatic N) is 1. The summed E-state index contributed by atoms with van der Waals surface area (Å²) < 4.78 is 23.8. The Labute approximate surface area is 95.5 Å². The maximum absolute atomic E-state index is 13.2. The lowest BCUT2D eigenvalue weighted by Gasteiger charge is -2.08. The van der Waals surface area contributed by atoms with Gasteiger partial charge in [-0.15, -0.1) is 0 Å². The largest absolute Gasteiger partial charge is 0.490 e. The fourth-order valence-electron chi connectivity index (χ4n) is 0.960. The van der Waals surface area contributed by atoms with E-state index in [1.807, 2.05) is 0 Å². The van der Waals surface area contributed by atoms with Crippen molar-refractivity contribution in [1.82, 2.24) is 0 Å². The Balaban J connectivity index is 2.82. The van der Waals surface area contributed by atoms with E-state index in [4.69, 9.17) is 14.7 Å². The molecule has 5 heteroatoms. The first-order valence-corrected chi connectivity index (χ1v) is 4.99. The molecule has 15 heavy (non-hydrogen) atoms. The third-order valence-electron chi connectivity index (χ3n) is 1.69. The van der Waals surface area contributed by atoms with Crippen molar-refractivity contribution in [1.29, 1.82) is 5.26 Å². The lowest BCUT2D eigenvalue weighted by Crippen LogP contribution is -2.05. The molecule has 80 valence electrons. The molecule has 0 N–H and O–H groups in total. The highest BCUT2D eigenvalue weighted by atomic mass is 79.9. The van der Waals surface area contributed by atoms with Crippen molar-refractivity contribution in [2.24, 2.45) is 0 Å². The Bertz CT molecular complexity index is 390. The van der Waals surface area contributed by atoms with Crippen molar-refractivity contribution in [3.05, 3.63) is 28.0 Å². The molecule has 1 aromatic carbocycles. The predicted octanol–water partition coefficient (Wildman–Crippen LogP) is 2.49. The van der Waals surface area contributed by atoms with E-state index in [0.717, 1.165) is 0 Å². The molecule has 0 unspecified atom stereocenters. The van der Waals surface area contributed by atoms with E-state index in [1.54, 1.807) is 13.2 Å². The summed E-state index contributed by atoms with van der Waals surface area (Å²) in [5.41, 5.74) is -0.0130. The molecule has 0 aliphatic carbocycles. The van der Waals surface area contributed by atoms with Crippen LogP contribution in [0.5, 0.6) is 5.75 Å². The fourth-order valence-corrected chi connectivity index (χ4v) is 1.42. The van der Waals surface area contributed by atoms with Gasteiger partial charge in [-0.2, -0.15) is 5.26 Å². The van der Waals surface area contributed by atoms with Crippen LogP contribution in [0.2, 0.25) is 0 Å². The third-order valence-corrected chi connectivity index (χ3v) is 2.31. The van der Waals surface area contributed by atoms with Crippen molar-refractivity contribution in [2.45, 2.75) is 0 Å². The van der Waals surface area contributed by atoms with Gasteiger partial charge in [-0.3, -0.25) is 0 Å². The first-order chi connectivity index (χ1) is 7.19. The fraction of sp³-hybridized carbons (Fsp3) is 0.300. The molecule has 0 aliphatic rings. The number of ether oxygens (including phenoxy) is 2. The Morgan fingerprint density at radius 3 is 2.80 bits per heavy atom. The molecule has 0 fully saturated rings. The molecule has 0 atom stereocenters. The van der Waals surface area contributed by atoms with Gasteiger partial charge in [0.1, 0.15) is 24.2 Å². The Kier molecular flexibility index (Phi) is 4.53. The molecule has 0 saturated carbocycles. The molecule has 3 nitrogen and oxygen atoms in total. The average Bonchev–Trinajstić information content (AvgIpc) is 2.23.